The molecule has 2 aromatic carbocycles. The largest absolute Gasteiger partial charge is 0.396 e. The summed E-state index contributed by atoms with van der Waals surface area (Å²) in [6.45, 7) is 5.50. The van der Waals surface area contributed by atoms with Gasteiger partial charge in [-0.1, -0.05) is 36.4 Å². The van der Waals surface area contributed by atoms with Gasteiger partial charge in [0.05, 0.1) is 24.1 Å². The van der Waals surface area contributed by atoms with Crippen molar-refractivity contribution in [3.63, 3.8) is 0 Å². The molecular formula is C30H44N2O9. The second kappa shape index (κ2) is 28.4. The number of hydrogen-bond donors (Lipinski definition) is 4. The summed E-state index contributed by atoms with van der Waals surface area (Å²) in [5, 5.41) is 33.5. The third kappa shape index (κ3) is 21.4. The third-order valence-corrected chi connectivity index (χ3v) is 5.09. The van der Waals surface area contributed by atoms with Crippen LogP contribution in [0.4, 0.5) is 11.4 Å². The maximum atomic E-state index is 10.4. The Hall–Kier alpha value is -3.08. The SMILES string of the molecule is CC(COCCCO)OCCCO.O=C=Nc1ccccc1Cc1ccccc1N=C=O.OCCCOCCCO. The molecule has 0 aliphatic heterocycles. The van der Waals surface area contributed by atoms with E-state index in [1.165, 1.54) is 12.2 Å². The van der Waals surface area contributed by atoms with Crippen LogP contribution in [0.25, 0.3) is 0 Å². The van der Waals surface area contributed by atoms with Crippen LogP contribution in [0.3, 0.4) is 0 Å². The fourth-order valence-corrected chi connectivity index (χ4v) is 3.09. The summed E-state index contributed by atoms with van der Waals surface area (Å²) >= 11 is 0. The van der Waals surface area contributed by atoms with Gasteiger partial charge in [0, 0.05) is 59.3 Å². The first-order valence-electron chi connectivity index (χ1n) is 13.6. The highest BCUT2D eigenvalue weighted by atomic mass is 16.5. The molecule has 228 valence electrons. The molecule has 1 atom stereocenters. The van der Waals surface area contributed by atoms with Gasteiger partial charge in [-0.3, -0.25) is 0 Å². The average molecular weight is 577 g/mol. The first-order chi connectivity index (χ1) is 20.1. The summed E-state index contributed by atoms with van der Waals surface area (Å²) in [7, 11) is 0. The second-order valence-electron chi connectivity index (χ2n) is 8.52. The predicted molar refractivity (Wildman–Crippen MR) is 155 cm³/mol. The van der Waals surface area contributed by atoms with E-state index in [0.29, 0.717) is 76.5 Å². The highest BCUT2D eigenvalue weighted by Crippen LogP contribution is 2.26. The molecule has 11 heteroatoms. The van der Waals surface area contributed by atoms with Crippen LogP contribution in [0.2, 0.25) is 0 Å². The van der Waals surface area contributed by atoms with Gasteiger partial charge < -0.3 is 34.6 Å². The Labute approximate surface area is 242 Å². The van der Waals surface area contributed by atoms with Crippen molar-refractivity contribution in [2.24, 2.45) is 9.98 Å². The van der Waals surface area contributed by atoms with E-state index in [4.69, 9.17) is 34.6 Å². The number of aliphatic hydroxyl groups excluding tert-OH is 4. The maximum Gasteiger partial charge on any atom is 0.240 e. The fraction of sp³-hybridized carbons (Fsp3) is 0.533. The van der Waals surface area contributed by atoms with Crippen molar-refractivity contribution in [3.05, 3.63) is 59.7 Å². The van der Waals surface area contributed by atoms with Gasteiger partial charge in [0.15, 0.2) is 0 Å². The number of aliphatic hydroxyl groups is 4. The lowest BCUT2D eigenvalue weighted by Crippen LogP contribution is -2.17. The normalized spacial score (nSPS) is 10.7. The van der Waals surface area contributed by atoms with Crippen LogP contribution in [0.1, 0.15) is 43.7 Å². The predicted octanol–water partition coefficient (Wildman–Crippen LogP) is 3.15. The minimum Gasteiger partial charge on any atom is -0.396 e. The highest BCUT2D eigenvalue weighted by molar-refractivity contribution is 5.59. The Bertz CT molecular complexity index is 928. The second-order valence-corrected chi connectivity index (χ2v) is 8.52. The van der Waals surface area contributed by atoms with Crippen LogP contribution >= 0.6 is 0 Å². The Balaban J connectivity index is 0.000000635. The number of nitrogens with zero attached hydrogens (tertiary/aromatic N) is 2. The van der Waals surface area contributed by atoms with E-state index in [1.807, 2.05) is 31.2 Å². The number of benzene rings is 2. The standard InChI is InChI=1S/C15H10N2O2.C9H20O4.C6H14O3/c18-10-16-14-7-3-1-5-12(14)9-13-6-2-4-8-15(13)17-11-19;1-9(13-7-3-5-11)8-12-6-2-4-10;7-3-1-5-9-6-2-4-8/h1-8H,9H2;9-11H,2-8H2,1H3;7-8H,1-6H2. The van der Waals surface area contributed by atoms with Crippen LogP contribution in [0, 0.1) is 0 Å². The molecule has 11 nitrogen and oxygen atoms in total. The molecule has 1 unspecified atom stereocenters. The summed E-state index contributed by atoms with van der Waals surface area (Å²) in [4.78, 5) is 28.1. The van der Waals surface area contributed by atoms with Crippen molar-refractivity contribution in [2.45, 2.75) is 45.1 Å². The van der Waals surface area contributed by atoms with Gasteiger partial charge in [-0.15, -0.1) is 0 Å². The van der Waals surface area contributed by atoms with E-state index in [2.05, 4.69) is 9.98 Å². The molecule has 0 aromatic heterocycles. The minimum atomic E-state index is 0.0604. The number of para-hydroxylation sites is 2. The summed E-state index contributed by atoms with van der Waals surface area (Å²) in [6, 6.07) is 14.6. The molecule has 0 heterocycles. The molecule has 0 spiro atoms. The fourth-order valence-electron chi connectivity index (χ4n) is 3.09. The van der Waals surface area contributed by atoms with E-state index < -0.39 is 0 Å². The van der Waals surface area contributed by atoms with Gasteiger partial charge in [-0.05, 0) is 55.9 Å². The molecule has 0 aliphatic carbocycles. The zero-order valence-electron chi connectivity index (χ0n) is 23.8. The molecule has 0 bridgehead atoms. The van der Waals surface area contributed by atoms with Crippen LogP contribution in [0.5, 0.6) is 0 Å². The van der Waals surface area contributed by atoms with E-state index in [-0.39, 0.29) is 32.5 Å². The van der Waals surface area contributed by atoms with Gasteiger partial charge in [0.1, 0.15) is 0 Å². The highest BCUT2D eigenvalue weighted by Gasteiger charge is 2.06. The van der Waals surface area contributed by atoms with E-state index in [9.17, 15) is 9.59 Å². The van der Waals surface area contributed by atoms with Gasteiger partial charge in [0.2, 0.25) is 12.2 Å². The summed E-state index contributed by atoms with van der Waals surface area (Å²) in [5.41, 5.74) is 2.89. The zero-order valence-corrected chi connectivity index (χ0v) is 23.8. The number of hydrogen-bond acceptors (Lipinski definition) is 11. The third-order valence-electron chi connectivity index (χ3n) is 5.09. The maximum absolute atomic E-state index is 10.4. The monoisotopic (exact) mass is 576 g/mol. The first kappa shape index (κ1) is 37.9. The minimum absolute atomic E-state index is 0.0604. The number of isocyanates is 2. The van der Waals surface area contributed by atoms with Crippen molar-refractivity contribution in [1.82, 2.24) is 0 Å². The summed E-state index contributed by atoms with van der Waals surface area (Å²) in [5.74, 6) is 0. The van der Waals surface area contributed by atoms with Crippen molar-refractivity contribution in [1.29, 1.82) is 0 Å². The lowest BCUT2D eigenvalue weighted by molar-refractivity contribution is -0.0129. The van der Waals surface area contributed by atoms with Crippen LogP contribution < -0.4 is 0 Å². The molecule has 2 aromatic rings. The lowest BCUT2D eigenvalue weighted by Gasteiger charge is -2.12. The number of rotatable bonds is 19. The van der Waals surface area contributed by atoms with Crippen molar-refractivity contribution in [2.75, 3.05) is 59.5 Å². The number of carbonyl (C=O) groups excluding carboxylic acids is 2. The van der Waals surface area contributed by atoms with Gasteiger partial charge in [0.25, 0.3) is 0 Å². The molecule has 0 aliphatic rings. The van der Waals surface area contributed by atoms with Crippen molar-refractivity contribution < 1.29 is 44.2 Å². The molecule has 0 amide bonds. The quantitative estimate of drug-likeness (QED) is 0.112. The molecule has 0 radical (unpaired) electrons. The van der Waals surface area contributed by atoms with Crippen molar-refractivity contribution >= 4 is 23.5 Å². The molecule has 41 heavy (non-hydrogen) atoms. The molecule has 0 saturated heterocycles. The molecular weight excluding hydrogens is 532 g/mol. The first-order valence-corrected chi connectivity index (χ1v) is 13.6. The van der Waals surface area contributed by atoms with Gasteiger partial charge in [-0.25, -0.2) is 9.59 Å². The Kier molecular flexibility index (Phi) is 26.3. The van der Waals surface area contributed by atoms with Gasteiger partial charge in [-0.2, -0.15) is 9.98 Å². The van der Waals surface area contributed by atoms with E-state index in [1.54, 1.807) is 24.3 Å². The summed E-state index contributed by atoms with van der Waals surface area (Å²) in [6.07, 6.45) is 6.38. The molecule has 0 saturated carbocycles. The van der Waals surface area contributed by atoms with Crippen LogP contribution in [0.15, 0.2) is 58.5 Å². The van der Waals surface area contributed by atoms with Crippen LogP contribution in [-0.2, 0) is 30.2 Å². The topological polar surface area (TPSA) is 167 Å². The number of aliphatic imine (C=N–C) groups is 2. The Morgan fingerprint density at radius 3 is 1.51 bits per heavy atom. The summed E-state index contributed by atoms with van der Waals surface area (Å²) < 4.78 is 15.5. The smallest absolute Gasteiger partial charge is 0.240 e. The van der Waals surface area contributed by atoms with E-state index in [0.717, 1.165) is 11.1 Å². The Morgan fingerprint density at radius 1 is 0.659 bits per heavy atom. The van der Waals surface area contributed by atoms with E-state index >= 15 is 0 Å². The molecule has 0 fully saturated rings. The van der Waals surface area contributed by atoms with Crippen LogP contribution in [-0.4, -0.2) is 98.2 Å². The zero-order chi connectivity index (χ0) is 30.4. The molecule has 2 rings (SSSR count). The average Bonchev–Trinajstić information content (AvgIpc) is 2.98. The number of ether oxygens (including phenoxy) is 3. The Morgan fingerprint density at radius 2 is 1.07 bits per heavy atom. The molecule has 4 N–H and O–H groups in total. The van der Waals surface area contributed by atoms with Crippen molar-refractivity contribution in [3.8, 4) is 0 Å². The lowest BCUT2D eigenvalue weighted by atomic mass is 10.0. The van der Waals surface area contributed by atoms with Gasteiger partial charge >= 0.3 is 0 Å².